The zero-order chi connectivity index (χ0) is 13.6. The van der Waals surface area contributed by atoms with Crippen molar-refractivity contribution in [2.45, 2.75) is 51.2 Å². The summed E-state index contributed by atoms with van der Waals surface area (Å²) in [5.74, 6) is 1.62. The standard InChI is InChI=1S/C16H22FNO/c1-10-5-6-16(11(2)7-10)9-14(18)13-4-3-12(17)8-15(13)19-16/h3-4,8,10-11,14H,5-7,9,18H2,1-2H3/t10?,11?,14-,16?/m0/s1. The van der Waals surface area contributed by atoms with Gasteiger partial charge in [0.05, 0.1) is 0 Å². The van der Waals surface area contributed by atoms with Crippen molar-refractivity contribution in [3.8, 4) is 5.75 Å². The molecule has 1 aliphatic heterocycles. The molecule has 1 heterocycles. The second-order valence-electron chi connectivity index (χ2n) is 6.44. The fourth-order valence-electron chi connectivity index (χ4n) is 3.77. The minimum absolute atomic E-state index is 0.0415. The number of fused-ring (bicyclic) bond motifs is 1. The first-order chi connectivity index (χ1) is 9.00. The van der Waals surface area contributed by atoms with Gasteiger partial charge in [-0.05, 0) is 37.2 Å². The van der Waals surface area contributed by atoms with Crippen LogP contribution in [0.15, 0.2) is 18.2 Å². The van der Waals surface area contributed by atoms with Gasteiger partial charge in [-0.2, -0.15) is 0 Å². The second kappa shape index (κ2) is 4.48. The Hall–Kier alpha value is -1.09. The number of ether oxygens (including phenoxy) is 1. The summed E-state index contributed by atoms with van der Waals surface area (Å²) in [5.41, 5.74) is 7.05. The lowest BCUT2D eigenvalue weighted by atomic mass is 9.68. The van der Waals surface area contributed by atoms with E-state index in [-0.39, 0.29) is 17.5 Å². The third-order valence-corrected chi connectivity index (χ3v) is 4.97. The van der Waals surface area contributed by atoms with Gasteiger partial charge in [0.25, 0.3) is 0 Å². The molecule has 4 atom stereocenters. The van der Waals surface area contributed by atoms with E-state index in [4.69, 9.17) is 10.5 Å². The van der Waals surface area contributed by atoms with E-state index in [0.717, 1.165) is 30.7 Å². The number of halogens is 1. The molecule has 0 radical (unpaired) electrons. The Balaban J connectivity index is 1.95. The molecule has 0 amide bonds. The molecular weight excluding hydrogens is 241 g/mol. The molecule has 1 aliphatic carbocycles. The van der Waals surface area contributed by atoms with Crippen molar-refractivity contribution in [1.29, 1.82) is 0 Å². The summed E-state index contributed by atoms with van der Waals surface area (Å²) in [7, 11) is 0. The van der Waals surface area contributed by atoms with Crippen LogP contribution in [0.1, 0.15) is 51.1 Å². The number of benzene rings is 1. The Morgan fingerprint density at radius 1 is 1.37 bits per heavy atom. The third kappa shape index (κ3) is 2.14. The van der Waals surface area contributed by atoms with Gasteiger partial charge in [0, 0.05) is 24.1 Å². The monoisotopic (exact) mass is 263 g/mol. The topological polar surface area (TPSA) is 35.2 Å². The molecule has 2 aliphatic rings. The minimum Gasteiger partial charge on any atom is -0.486 e. The highest BCUT2D eigenvalue weighted by Crippen LogP contribution is 2.49. The highest BCUT2D eigenvalue weighted by molar-refractivity contribution is 5.39. The number of nitrogens with two attached hydrogens (primary N) is 1. The number of hydrogen-bond acceptors (Lipinski definition) is 2. The smallest absolute Gasteiger partial charge is 0.127 e. The van der Waals surface area contributed by atoms with Gasteiger partial charge < -0.3 is 10.5 Å². The fourth-order valence-corrected chi connectivity index (χ4v) is 3.77. The van der Waals surface area contributed by atoms with Crippen LogP contribution < -0.4 is 10.5 Å². The quantitative estimate of drug-likeness (QED) is 0.772. The predicted octanol–water partition coefficient (Wildman–Crippen LogP) is 3.80. The van der Waals surface area contributed by atoms with Crippen molar-refractivity contribution in [3.05, 3.63) is 29.6 Å². The molecule has 1 fully saturated rings. The van der Waals surface area contributed by atoms with Crippen LogP contribution >= 0.6 is 0 Å². The van der Waals surface area contributed by atoms with Crippen molar-refractivity contribution in [2.24, 2.45) is 17.6 Å². The first-order valence-electron chi connectivity index (χ1n) is 7.24. The van der Waals surface area contributed by atoms with Gasteiger partial charge in [-0.25, -0.2) is 4.39 Å². The maximum Gasteiger partial charge on any atom is 0.127 e. The molecule has 2 nitrogen and oxygen atoms in total. The van der Waals surface area contributed by atoms with Crippen LogP contribution in [0.2, 0.25) is 0 Å². The summed E-state index contributed by atoms with van der Waals surface area (Å²) in [4.78, 5) is 0. The van der Waals surface area contributed by atoms with E-state index >= 15 is 0 Å². The fraction of sp³-hybridized carbons (Fsp3) is 0.625. The van der Waals surface area contributed by atoms with E-state index in [9.17, 15) is 4.39 Å². The normalized spacial score (nSPS) is 37.8. The van der Waals surface area contributed by atoms with Crippen LogP contribution in [0.4, 0.5) is 4.39 Å². The summed E-state index contributed by atoms with van der Waals surface area (Å²) in [6, 6.07) is 4.67. The largest absolute Gasteiger partial charge is 0.486 e. The first-order valence-corrected chi connectivity index (χ1v) is 7.24. The van der Waals surface area contributed by atoms with Crippen molar-refractivity contribution < 1.29 is 9.13 Å². The van der Waals surface area contributed by atoms with Crippen molar-refractivity contribution in [3.63, 3.8) is 0 Å². The maximum atomic E-state index is 13.4. The highest BCUT2D eigenvalue weighted by atomic mass is 19.1. The van der Waals surface area contributed by atoms with E-state index in [1.54, 1.807) is 6.07 Å². The molecule has 2 N–H and O–H groups in total. The van der Waals surface area contributed by atoms with Crippen LogP contribution in [0, 0.1) is 17.7 Å². The Bertz CT molecular complexity index is 490. The number of hydrogen-bond donors (Lipinski definition) is 1. The molecule has 19 heavy (non-hydrogen) atoms. The van der Waals surface area contributed by atoms with Crippen molar-refractivity contribution in [1.82, 2.24) is 0 Å². The van der Waals surface area contributed by atoms with Gasteiger partial charge in [-0.15, -0.1) is 0 Å². The summed E-state index contributed by atoms with van der Waals surface area (Å²) in [6.45, 7) is 4.53. The van der Waals surface area contributed by atoms with Crippen molar-refractivity contribution in [2.75, 3.05) is 0 Å². The van der Waals surface area contributed by atoms with Gasteiger partial charge >= 0.3 is 0 Å². The molecule has 3 rings (SSSR count). The van der Waals surface area contributed by atoms with Crippen LogP contribution in [-0.4, -0.2) is 5.60 Å². The van der Waals surface area contributed by atoms with Crippen LogP contribution in [0.3, 0.4) is 0 Å². The third-order valence-electron chi connectivity index (χ3n) is 4.97. The average Bonchev–Trinajstić information content (AvgIpc) is 2.34. The molecule has 1 saturated carbocycles. The van der Waals surface area contributed by atoms with Gasteiger partial charge in [0.15, 0.2) is 0 Å². The number of rotatable bonds is 0. The SMILES string of the molecule is CC1CCC2(C[C@H](N)c3ccc(F)cc3O2)C(C)C1. The highest BCUT2D eigenvalue weighted by Gasteiger charge is 2.46. The van der Waals surface area contributed by atoms with Crippen LogP contribution in [-0.2, 0) is 0 Å². The van der Waals surface area contributed by atoms with E-state index in [1.807, 2.05) is 0 Å². The lowest BCUT2D eigenvalue weighted by Crippen LogP contribution is -2.50. The van der Waals surface area contributed by atoms with Gasteiger partial charge in [0.1, 0.15) is 17.2 Å². The molecule has 3 heteroatoms. The maximum absolute atomic E-state index is 13.4. The van der Waals surface area contributed by atoms with E-state index in [2.05, 4.69) is 13.8 Å². The summed E-state index contributed by atoms with van der Waals surface area (Å²) in [5, 5.41) is 0. The van der Waals surface area contributed by atoms with Gasteiger partial charge in [-0.3, -0.25) is 0 Å². The zero-order valence-corrected chi connectivity index (χ0v) is 11.7. The molecule has 104 valence electrons. The molecular formula is C16H22FNO. The molecule has 1 aromatic carbocycles. The molecule has 0 aromatic heterocycles. The lowest BCUT2D eigenvalue weighted by Gasteiger charge is -2.49. The Labute approximate surface area is 114 Å². The predicted molar refractivity (Wildman–Crippen MR) is 73.5 cm³/mol. The van der Waals surface area contributed by atoms with Gasteiger partial charge in [-0.1, -0.05) is 19.9 Å². The Morgan fingerprint density at radius 3 is 2.89 bits per heavy atom. The van der Waals surface area contributed by atoms with E-state index in [1.165, 1.54) is 18.6 Å². The van der Waals surface area contributed by atoms with Crippen molar-refractivity contribution >= 4 is 0 Å². The molecule has 0 bridgehead atoms. The molecule has 0 saturated heterocycles. The second-order valence-corrected chi connectivity index (χ2v) is 6.44. The minimum atomic E-state index is -0.250. The summed E-state index contributed by atoms with van der Waals surface area (Å²) in [6.07, 6.45) is 4.21. The first kappa shape index (κ1) is 12.9. The average molecular weight is 263 g/mol. The molecule has 1 spiro atoms. The zero-order valence-electron chi connectivity index (χ0n) is 11.7. The van der Waals surface area contributed by atoms with Crippen LogP contribution in [0.5, 0.6) is 5.75 Å². The Morgan fingerprint density at radius 2 is 2.16 bits per heavy atom. The van der Waals surface area contributed by atoms with E-state index < -0.39 is 0 Å². The lowest BCUT2D eigenvalue weighted by molar-refractivity contribution is -0.0521. The van der Waals surface area contributed by atoms with Crippen LogP contribution in [0.25, 0.3) is 0 Å². The molecule has 1 aromatic rings. The summed E-state index contributed by atoms with van der Waals surface area (Å²) >= 11 is 0. The van der Waals surface area contributed by atoms with E-state index in [0.29, 0.717) is 11.7 Å². The summed E-state index contributed by atoms with van der Waals surface area (Å²) < 4.78 is 19.7. The Kier molecular flexibility index (Phi) is 3.05. The molecule has 3 unspecified atom stereocenters. The van der Waals surface area contributed by atoms with Gasteiger partial charge in [0.2, 0.25) is 0 Å².